The molecule has 1 radical (unpaired) electrons. The summed E-state index contributed by atoms with van der Waals surface area (Å²) in [5.41, 5.74) is 14.6. The Morgan fingerprint density at radius 3 is 1.94 bits per heavy atom. The monoisotopic (exact) mass is 1080 g/mol. The summed E-state index contributed by atoms with van der Waals surface area (Å²) in [5.74, 6) is 8.35. The van der Waals surface area contributed by atoms with E-state index in [2.05, 4.69) is 193 Å². The van der Waals surface area contributed by atoms with E-state index in [1.165, 1.54) is 50.2 Å². The number of benzene rings is 6. The summed E-state index contributed by atoms with van der Waals surface area (Å²) in [5, 5.41) is 2.15. The molecule has 0 spiro atoms. The van der Waals surface area contributed by atoms with E-state index in [9.17, 15) is 0 Å². The predicted octanol–water partition coefficient (Wildman–Crippen LogP) is 14.8. The van der Waals surface area contributed by atoms with Gasteiger partial charge in [-0.2, -0.15) is 0 Å². The summed E-state index contributed by atoms with van der Waals surface area (Å²) >= 11 is -1.85. The first-order valence-corrected chi connectivity index (χ1v) is 29.0. The molecule has 0 fully saturated rings. The molecular weight excluding hydrogens is 1020 g/mol. The second-order valence-electron chi connectivity index (χ2n) is 17.7. The van der Waals surface area contributed by atoms with E-state index in [4.69, 9.17) is 13.5 Å². The molecule has 0 amide bonds. The van der Waals surface area contributed by atoms with Crippen molar-refractivity contribution < 1.29 is 28.6 Å². The first-order valence-electron chi connectivity index (χ1n) is 23.1. The molecule has 6 aromatic carbocycles. The van der Waals surface area contributed by atoms with Crippen LogP contribution in [-0.2, 0) is 20.1 Å². The first-order chi connectivity index (χ1) is 31.7. The molecule has 4 aromatic heterocycles. The molecule has 10 rings (SSSR count). The average Bonchev–Trinajstić information content (AvgIpc) is 3.90. The Hall–Kier alpha value is -5.92. The number of hydrogen-bond donors (Lipinski definition) is 0. The van der Waals surface area contributed by atoms with Crippen LogP contribution in [-0.4, -0.2) is 32.8 Å². The number of para-hydroxylation sites is 2. The van der Waals surface area contributed by atoms with Gasteiger partial charge < -0.3 is 8.98 Å². The van der Waals surface area contributed by atoms with E-state index in [0.29, 0.717) is 5.56 Å². The molecule has 0 atom stereocenters. The molecule has 0 aliphatic heterocycles. The van der Waals surface area contributed by atoms with Gasteiger partial charge in [-0.15, -0.1) is 18.2 Å². The summed E-state index contributed by atoms with van der Waals surface area (Å²) in [6.45, 7) is 6.95. The van der Waals surface area contributed by atoms with Gasteiger partial charge in [0.05, 0.1) is 22.4 Å². The maximum absolute atomic E-state index is 7.29. The van der Waals surface area contributed by atoms with Crippen molar-refractivity contribution in [3.05, 3.63) is 187 Å². The summed E-state index contributed by atoms with van der Waals surface area (Å²) in [6, 6.07) is 56.9. The molecule has 0 saturated heterocycles. The van der Waals surface area contributed by atoms with E-state index >= 15 is 0 Å². The average molecular weight is 1080 g/mol. The van der Waals surface area contributed by atoms with Crippen molar-refractivity contribution in [1.29, 1.82) is 0 Å². The van der Waals surface area contributed by atoms with E-state index < -0.39 is 20.1 Å². The predicted molar refractivity (Wildman–Crippen MR) is 266 cm³/mol. The van der Waals surface area contributed by atoms with Crippen molar-refractivity contribution in [3.8, 4) is 50.6 Å². The van der Waals surface area contributed by atoms with Gasteiger partial charge in [-0.3, -0.25) is 4.98 Å². The van der Waals surface area contributed by atoms with Gasteiger partial charge >= 0.3 is 109 Å². The Labute approximate surface area is 397 Å². The Balaban J connectivity index is 0.000000244. The Morgan fingerprint density at radius 1 is 0.656 bits per heavy atom. The molecular formula is C57H52GeIrN4O-2. The number of hydrogen-bond acceptors (Lipinski definition) is 4. The number of imidazole rings is 1. The number of aryl methyl sites for hydroxylation is 1. The summed E-state index contributed by atoms with van der Waals surface area (Å²) in [7, 11) is 0. The molecule has 7 heteroatoms. The molecule has 0 bridgehead atoms. The fourth-order valence-electron chi connectivity index (χ4n) is 8.25. The number of furan rings is 1. The van der Waals surface area contributed by atoms with Gasteiger partial charge in [0.25, 0.3) is 0 Å². The first kappa shape index (κ1) is 40.8. The smallest absolute Gasteiger partial charge is 0 e. The van der Waals surface area contributed by atoms with E-state index in [0.717, 1.165) is 55.6 Å². The molecule has 0 saturated carbocycles. The van der Waals surface area contributed by atoms with Crippen molar-refractivity contribution in [3.63, 3.8) is 0 Å². The molecule has 0 aliphatic carbocycles. The van der Waals surface area contributed by atoms with E-state index in [1.807, 2.05) is 24.4 Å². The molecule has 4 heterocycles. The number of fused-ring (bicyclic) bond motifs is 4. The number of nitrogens with zero attached hydrogens (tertiary/aromatic N) is 4. The summed E-state index contributed by atoms with van der Waals surface area (Å²) < 4.78 is 32.3. The van der Waals surface area contributed by atoms with Crippen LogP contribution in [0.1, 0.15) is 60.5 Å². The zero-order chi connectivity index (χ0) is 46.3. The van der Waals surface area contributed by atoms with Crippen LogP contribution in [0.4, 0.5) is 0 Å². The Bertz CT molecular complexity index is 3240. The fraction of sp³-hybridized carbons (Fsp3) is 0.175. The molecule has 321 valence electrons. The largest absolute Gasteiger partial charge is 0 e. The van der Waals surface area contributed by atoms with Crippen LogP contribution in [0.5, 0.6) is 0 Å². The minimum Gasteiger partial charge on any atom is 0 e. The zero-order valence-electron chi connectivity index (χ0n) is 40.2. The fourth-order valence-corrected chi connectivity index (χ4v) is 10.4. The van der Waals surface area contributed by atoms with Crippen molar-refractivity contribution in [2.24, 2.45) is 0 Å². The molecule has 64 heavy (non-hydrogen) atoms. The summed E-state index contributed by atoms with van der Waals surface area (Å²) in [4.78, 5) is 13.7. The van der Waals surface area contributed by atoms with Crippen LogP contribution >= 0.6 is 0 Å². The van der Waals surface area contributed by atoms with Gasteiger partial charge in [0.15, 0.2) is 0 Å². The van der Waals surface area contributed by atoms with Crippen LogP contribution in [0.3, 0.4) is 0 Å². The quantitative estimate of drug-likeness (QED) is 0.112. The van der Waals surface area contributed by atoms with Gasteiger partial charge in [-0.25, -0.2) is 0 Å². The Morgan fingerprint density at radius 2 is 1.33 bits per heavy atom. The van der Waals surface area contributed by atoms with Crippen molar-refractivity contribution in [2.75, 3.05) is 0 Å². The summed E-state index contributed by atoms with van der Waals surface area (Å²) in [6.07, 6.45) is 3.43. The maximum Gasteiger partial charge on any atom is 0 e. The van der Waals surface area contributed by atoms with Gasteiger partial charge in [-0.05, 0) is 75.5 Å². The normalized spacial score (nSPS) is 12.5. The van der Waals surface area contributed by atoms with Crippen LogP contribution in [0.2, 0.25) is 17.3 Å². The van der Waals surface area contributed by atoms with Crippen molar-refractivity contribution >= 4 is 50.6 Å². The van der Waals surface area contributed by atoms with E-state index in [1.54, 1.807) is 0 Å². The molecule has 10 aromatic rings. The minimum atomic E-state index is -2.19. The second kappa shape index (κ2) is 18.7. The third-order valence-electron chi connectivity index (χ3n) is 11.7. The van der Waals surface area contributed by atoms with Crippen LogP contribution in [0, 0.1) is 19.0 Å². The van der Waals surface area contributed by atoms with Crippen LogP contribution < -0.4 is 4.40 Å². The number of rotatable bonds is 8. The zero-order valence-corrected chi connectivity index (χ0v) is 41.7. The Kier molecular flexibility index (Phi) is 11.9. The van der Waals surface area contributed by atoms with Crippen molar-refractivity contribution in [1.82, 2.24) is 19.5 Å². The van der Waals surface area contributed by atoms with Gasteiger partial charge in [0.2, 0.25) is 0 Å². The van der Waals surface area contributed by atoms with Gasteiger partial charge in [-0.1, -0.05) is 124 Å². The van der Waals surface area contributed by atoms with Crippen LogP contribution in [0.25, 0.3) is 83.6 Å². The minimum absolute atomic E-state index is 0. The molecule has 5 nitrogen and oxygen atoms in total. The number of aromatic nitrogens is 4. The molecule has 0 unspecified atom stereocenters. The third-order valence-corrected chi connectivity index (χ3v) is 15.9. The van der Waals surface area contributed by atoms with Crippen LogP contribution in [0.15, 0.2) is 162 Å². The van der Waals surface area contributed by atoms with Crippen molar-refractivity contribution in [2.45, 2.75) is 63.7 Å². The van der Waals surface area contributed by atoms with Gasteiger partial charge in [0, 0.05) is 31.2 Å². The van der Waals surface area contributed by atoms with Gasteiger partial charge in [0.1, 0.15) is 5.58 Å². The molecule has 0 aliphatic rings. The maximum atomic E-state index is 7.29. The third kappa shape index (κ3) is 8.92. The topological polar surface area (TPSA) is 56.7 Å². The molecule has 0 N–H and O–H groups in total. The van der Waals surface area contributed by atoms with E-state index in [-0.39, 0.29) is 37.6 Å². The number of pyridine rings is 2. The second-order valence-corrected chi connectivity index (χ2v) is 28.4. The SMILES string of the molecule is CC(C)c1cc(-c2ccccc2)cc(C(C)C)c1-n1c(-c2[c-]ccc3c2oc2cc(-c4ccccc4)ccc23)nc2ccccc21.[2H]C([2H])([2H])c1c[c-]c(-c2cc[c]([Ge]([CH3])([CH3])[CH3])cn2)cn1.[Ir]. The standard InChI is InChI=1S/C43H35N2O.C14H17GeN2.Ir/c1-27(2)36-24-32(30-16-9-6-10-17-30)25-37(28(3)4)41(36)45-39-21-12-11-20-38(39)44-43(45)35-19-13-18-34-33-23-22-31(26-40(33)46-42(34)35)29-14-7-5-8-15-29;1-11-5-6-12(9-16-11)14-8-7-13(10-17-14)15(2,3)4;/h5-18,20-28H,1-4H3;5,7-10H,1-4H3;/q2*-1;/i;1D3;.